The largest absolute Gasteiger partial charge is 0.493 e. The Hall–Kier alpha value is -2.29. The van der Waals surface area contributed by atoms with E-state index in [9.17, 15) is 4.79 Å². The van der Waals surface area contributed by atoms with Gasteiger partial charge in [0.15, 0.2) is 11.5 Å². The zero-order valence-electron chi connectivity index (χ0n) is 11.1. The Morgan fingerprint density at radius 1 is 1.11 bits per heavy atom. The molecule has 0 bridgehead atoms. The maximum atomic E-state index is 11.0. The van der Waals surface area contributed by atoms with Gasteiger partial charge in [-0.3, -0.25) is 4.79 Å². The Morgan fingerprint density at radius 3 is 2.47 bits per heavy atom. The summed E-state index contributed by atoms with van der Waals surface area (Å²) in [6.45, 7) is 2.30. The van der Waals surface area contributed by atoms with Gasteiger partial charge in [0.05, 0.1) is 7.11 Å². The third kappa shape index (κ3) is 2.94. The van der Waals surface area contributed by atoms with Crippen molar-refractivity contribution in [2.24, 2.45) is 0 Å². The number of carbonyl (C=O) groups is 1. The van der Waals surface area contributed by atoms with Crippen molar-refractivity contribution >= 4 is 6.29 Å². The normalized spacial score (nSPS) is 10.0. The Morgan fingerprint density at radius 2 is 1.84 bits per heavy atom. The first-order valence-corrected chi connectivity index (χ1v) is 6.05. The minimum Gasteiger partial charge on any atom is -0.493 e. The number of rotatable bonds is 5. The van der Waals surface area contributed by atoms with E-state index in [0.29, 0.717) is 23.7 Å². The van der Waals surface area contributed by atoms with Crippen LogP contribution in [0, 0.1) is 6.92 Å². The number of ether oxygens (including phenoxy) is 2. The lowest BCUT2D eigenvalue weighted by atomic mass is 10.1. The van der Waals surface area contributed by atoms with Gasteiger partial charge in [-0.15, -0.1) is 0 Å². The van der Waals surface area contributed by atoms with Gasteiger partial charge in [0.25, 0.3) is 0 Å². The van der Waals surface area contributed by atoms with Crippen LogP contribution in [0.1, 0.15) is 21.5 Å². The van der Waals surface area contributed by atoms with Gasteiger partial charge >= 0.3 is 0 Å². The van der Waals surface area contributed by atoms with E-state index < -0.39 is 0 Å². The van der Waals surface area contributed by atoms with E-state index in [1.807, 2.05) is 37.3 Å². The lowest BCUT2D eigenvalue weighted by molar-refractivity contribution is 0.112. The van der Waals surface area contributed by atoms with E-state index in [4.69, 9.17) is 9.47 Å². The fourth-order valence-corrected chi connectivity index (χ4v) is 1.88. The minimum absolute atomic E-state index is 0.445. The number of carbonyl (C=O) groups excluding carboxylic acids is 1. The number of hydrogen-bond donors (Lipinski definition) is 0. The SMILES string of the molecule is COc1ccc(C=O)c(C)c1OCc1ccccc1. The van der Waals surface area contributed by atoms with E-state index in [2.05, 4.69) is 0 Å². The zero-order valence-corrected chi connectivity index (χ0v) is 11.1. The number of hydrogen-bond acceptors (Lipinski definition) is 3. The van der Waals surface area contributed by atoms with Crippen molar-refractivity contribution < 1.29 is 14.3 Å². The number of methoxy groups -OCH3 is 1. The topological polar surface area (TPSA) is 35.5 Å². The average Bonchev–Trinajstić information content (AvgIpc) is 2.46. The van der Waals surface area contributed by atoms with Crippen LogP contribution in [0.3, 0.4) is 0 Å². The molecule has 3 nitrogen and oxygen atoms in total. The van der Waals surface area contributed by atoms with E-state index in [0.717, 1.165) is 17.4 Å². The van der Waals surface area contributed by atoms with Gasteiger partial charge in [-0.2, -0.15) is 0 Å². The first kappa shape index (κ1) is 13.1. The Balaban J connectivity index is 2.25. The highest BCUT2D eigenvalue weighted by Crippen LogP contribution is 2.33. The van der Waals surface area contributed by atoms with Crippen LogP contribution in [0.2, 0.25) is 0 Å². The van der Waals surface area contributed by atoms with Crippen LogP contribution in [0.15, 0.2) is 42.5 Å². The quantitative estimate of drug-likeness (QED) is 0.769. The molecule has 0 amide bonds. The van der Waals surface area contributed by atoms with Gasteiger partial charge in [-0.25, -0.2) is 0 Å². The summed E-state index contributed by atoms with van der Waals surface area (Å²) >= 11 is 0. The second-order valence-corrected chi connectivity index (χ2v) is 4.20. The van der Waals surface area contributed by atoms with Crippen LogP contribution < -0.4 is 9.47 Å². The third-order valence-electron chi connectivity index (χ3n) is 2.98. The summed E-state index contributed by atoms with van der Waals surface area (Å²) in [7, 11) is 1.59. The maximum absolute atomic E-state index is 11.0. The summed E-state index contributed by atoms with van der Waals surface area (Å²) in [6.07, 6.45) is 0.824. The number of benzene rings is 2. The number of aldehydes is 1. The first-order chi connectivity index (χ1) is 9.26. The second-order valence-electron chi connectivity index (χ2n) is 4.20. The van der Waals surface area contributed by atoms with Crippen LogP contribution in [0.5, 0.6) is 11.5 Å². The molecule has 0 aliphatic heterocycles. The second kappa shape index (κ2) is 6.05. The van der Waals surface area contributed by atoms with Gasteiger partial charge < -0.3 is 9.47 Å². The lowest BCUT2D eigenvalue weighted by Gasteiger charge is -2.14. The summed E-state index contributed by atoms with van der Waals surface area (Å²) in [5.74, 6) is 1.26. The van der Waals surface area contributed by atoms with Gasteiger partial charge in [0.2, 0.25) is 0 Å². The molecule has 2 aromatic carbocycles. The molecule has 2 rings (SSSR count). The highest BCUT2D eigenvalue weighted by atomic mass is 16.5. The molecule has 0 heterocycles. The summed E-state index contributed by atoms with van der Waals surface area (Å²) in [4.78, 5) is 11.0. The summed E-state index contributed by atoms with van der Waals surface area (Å²) in [6, 6.07) is 13.3. The van der Waals surface area contributed by atoms with Gasteiger partial charge in [0.1, 0.15) is 12.9 Å². The van der Waals surface area contributed by atoms with Crippen molar-refractivity contribution in [3.05, 3.63) is 59.2 Å². The van der Waals surface area contributed by atoms with Crippen molar-refractivity contribution in [2.75, 3.05) is 7.11 Å². The lowest BCUT2D eigenvalue weighted by Crippen LogP contribution is -2.01. The molecule has 0 saturated carbocycles. The maximum Gasteiger partial charge on any atom is 0.165 e. The molecule has 0 atom stereocenters. The third-order valence-corrected chi connectivity index (χ3v) is 2.98. The Labute approximate surface area is 112 Å². The molecule has 19 heavy (non-hydrogen) atoms. The van der Waals surface area contributed by atoms with E-state index in [1.54, 1.807) is 19.2 Å². The van der Waals surface area contributed by atoms with Crippen molar-refractivity contribution in [1.82, 2.24) is 0 Å². The fourth-order valence-electron chi connectivity index (χ4n) is 1.88. The molecule has 0 saturated heterocycles. The first-order valence-electron chi connectivity index (χ1n) is 6.05. The van der Waals surface area contributed by atoms with Gasteiger partial charge in [-0.05, 0) is 24.6 Å². The smallest absolute Gasteiger partial charge is 0.165 e. The highest BCUT2D eigenvalue weighted by molar-refractivity contribution is 5.79. The zero-order chi connectivity index (χ0) is 13.7. The predicted molar refractivity (Wildman–Crippen MR) is 73.9 cm³/mol. The fraction of sp³-hybridized carbons (Fsp3) is 0.188. The van der Waals surface area contributed by atoms with Gasteiger partial charge in [-0.1, -0.05) is 30.3 Å². The van der Waals surface area contributed by atoms with Gasteiger partial charge in [0, 0.05) is 11.1 Å². The molecule has 0 aliphatic rings. The average molecular weight is 256 g/mol. The summed E-state index contributed by atoms with van der Waals surface area (Å²) in [5.41, 5.74) is 2.48. The van der Waals surface area contributed by atoms with Crippen molar-refractivity contribution in [2.45, 2.75) is 13.5 Å². The molecule has 0 radical (unpaired) electrons. The molecule has 0 spiro atoms. The minimum atomic E-state index is 0.445. The van der Waals surface area contributed by atoms with Crippen LogP contribution >= 0.6 is 0 Å². The highest BCUT2D eigenvalue weighted by Gasteiger charge is 2.11. The Kier molecular flexibility index (Phi) is 4.18. The molecule has 3 heteroatoms. The van der Waals surface area contributed by atoms with Crippen LogP contribution in [-0.2, 0) is 6.61 Å². The van der Waals surface area contributed by atoms with Crippen LogP contribution in [0.4, 0.5) is 0 Å². The molecule has 0 N–H and O–H groups in total. The van der Waals surface area contributed by atoms with E-state index in [1.165, 1.54) is 0 Å². The van der Waals surface area contributed by atoms with Crippen molar-refractivity contribution in [3.8, 4) is 11.5 Å². The van der Waals surface area contributed by atoms with E-state index >= 15 is 0 Å². The molecule has 0 fully saturated rings. The molecular formula is C16H16O3. The summed E-state index contributed by atoms with van der Waals surface area (Å²) < 4.78 is 11.1. The Bertz CT molecular complexity index is 562. The molecule has 98 valence electrons. The summed E-state index contributed by atoms with van der Waals surface area (Å²) in [5, 5.41) is 0. The van der Waals surface area contributed by atoms with Crippen LogP contribution in [-0.4, -0.2) is 13.4 Å². The monoisotopic (exact) mass is 256 g/mol. The van der Waals surface area contributed by atoms with E-state index in [-0.39, 0.29) is 0 Å². The molecular weight excluding hydrogens is 240 g/mol. The molecule has 0 aromatic heterocycles. The molecule has 0 unspecified atom stereocenters. The van der Waals surface area contributed by atoms with Crippen LogP contribution in [0.25, 0.3) is 0 Å². The standard InChI is InChI=1S/C16H16O3/c1-12-14(10-17)8-9-15(18-2)16(12)19-11-13-6-4-3-5-7-13/h3-10H,11H2,1-2H3. The molecule has 2 aromatic rings. The molecule has 0 aliphatic carbocycles. The predicted octanol–water partition coefficient (Wildman–Crippen LogP) is 3.40. The van der Waals surface area contributed by atoms with Crippen molar-refractivity contribution in [1.29, 1.82) is 0 Å². The van der Waals surface area contributed by atoms with Crippen molar-refractivity contribution in [3.63, 3.8) is 0 Å².